The zero-order valence-corrected chi connectivity index (χ0v) is 25.2. The Kier molecular flexibility index (Phi) is 10.6. The third kappa shape index (κ3) is 8.18. The molecule has 0 radical (unpaired) electrons. The molecule has 3 aromatic rings. The van der Waals surface area contributed by atoms with Crippen LogP contribution in [0.1, 0.15) is 55.8 Å². The van der Waals surface area contributed by atoms with Gasteiger partial charge in [0.15, 0.2) is 0 Å². The molecule has 0 aromatic heterocycles. The van der Waals surface area contributed by atoms with E-state index in [0.29, 0.717) is 31.1 Å². The molecule has 1 saturated heterocycles. The number of sulfonamides is 1. The van der Waals surface area contributed by atoms with Gasteiger partial charge in [0.2, 0.25) is 21.8 Å². The van der Waals surface area contributed by atoms with Gasteiger partial charge in [-0.25, -0.2) is 8.42 Å². The highest BCUT2D eigenvalue weighted by molar-refractivity contribution is 7.89. The van der Waals surface area contributed by atoms with Crippen LogP contribution in [0.3, 0.4) is 0 Å². The second-order valence-corrected chi connectivity index (χ2v) is 13.2. The van der Waals surface area contributed by atoms with Crippen molar-refractivity contribution in [3.8, 4) is 0 Å². The average molecular weight is 596 g/mol. The Morgan fingerprint density at radius 3 is 2.12 bits per heavy atom. The molecule has 1 aliphatic heterocycles. The van der Waals surface area contributed by atoms with Crippen molar-refractivity contribution in [1.29, 1.82) is 0 Å². The first-order valence-electron chi connectivity index (χ1n) is 14.1. The van der Waals surface area contributed by atoms with Crippen LogP contribution in [0.4, 0.5) is 0 Å². The van der Waals surface area contributed by atoms with Crippen molar-refractivity contribution >= 4 is 33.4 Å². The number of aryl methyl sites for hydroxylation is 1. The van der Waals surface area contributed by atoms with Crippen molar-refractivity contribution in [3.05, 3.63) is 101 Å². The summed E-state index contributed by atoms with van der Waals surface area (Å²) in [6.07, 6.45) is 2.33. The van der Waals surface area contributed by atoms with Crippen molar-refractivity contribution in [2.45, 2.75) is 57.0 Å². The molecule has 218 valence electrons. The Bertz CT molecular complexity index is 1410. The molecule has 0 spiro atoms. The Morgan fingerprint density at radius 2 is 1.51 bits per heavy atom. The van der Waals surface area contributed by atoms with Crippen molar-refractivity contribution in [1.82, 2.24) is 14.5 Å². The summed E-state index contributed by atoms with van der Waals surface area (Å²) in [4.78, 5) is 29.3. The maximum atomic E-state index is 13.9. The van der Waals surface area contributed by atoms with E-state index >= 15 is 0 Å². The van der Waals surface area contributed by atoms with Gasteiger partial charge in [0.25, 0.3) is 0 Å². The van der Waals surface area contributed by atoms with E-state index in [4.69, 9.17) is 11.6 Å². The van der Waals surface area contributed by atoms with Crippen LogP contribution in [0.15, 0.2) is 83.8 Å². The molecule has 1 fully saturated rings. The molecule has 0 unspecified atom stereocenters. The second-order valence-electron chi connectivity index (χ2n) is 10.9. The Morgan fingerprint density at radius 1 is 0.902 bits per heavy atom. The van der Waals surface area contributed by atoms with E-state index in [2.05, 4.69) is 5.32 Å². The molecule has 7 nitrogen and oxygen atoms in total. The lowest BCUT2D eigenvalue weighted by molar-refractivity contribution is -0.141. The number of amides is 2. The Balaban J connectivity index is 1.56. The molecule has 0 aliphatic carbocycles. The van der Waals surface area contributed by atoms with Gasteiger partial charge in [0, 0.05) is 37.6 Å². The van der Waals surface area contributed by atoms with Gasteiger partial charge in [-0.15, -0.1) is 0 Å². The molecule has 1 N–H and O–H groups in total. The van der Waals surface area contributed by atoms with Gasteiger partial charge in [-0.1, -0.05) is 80.0 Å². The first kappa shape index (κ1) is 30.8. The number of rotatable bonds is 12. The molecule has 0 bridgehead atoms. The largest absolute Gasteiger partial charge is 0.354 e. The third-order valence-corrected chi connectivity index (χ3v) is 9.36. The topological polar surface area (TPSA) is 86.8 Å². The van der Waals surface area contributed by atoms with Crippen LogP contribution in [0, 0.1) is 5.92 Å². The molecule has 9 heteroatoms. The predicted molar refractivity (Wildman–Crippen MR) is 162 cm³/mol. The summed E-state index contributed by atoms with van der Waals surface area (Å²) < 4.78 is 27.3. The quantitative estimate of drug-likeness (QED) is 0.295. The number of hydrogen-bond donors (Lipinski definition) is 1. The first-order chi connectivity index (χ1) is 19.6. The zero-order chi connectivity index (χ0) is 29.4. The molecule has 2 amide bonds. The minimum atomic E-state index is -3.50. The first-order valence-corrected chi connectivity index (χ1v) is 15.9. The molecular formula is C32H38ClN3O4S. The fourth-order valence-corrected chi connectivity index (χ4v) is 6.56. The van der Waals surface area contributed by atoms with Gasteiger partial charge in [0.1, 0.15) is 6.04 Å². The number of benzene rings is 3. The van der Waals surface area contributed by atoms with Gasteiger partial charge in [0.05, 0.1) is 4.90 Å². The highest BCUT2D eigenvalue weighted by atomic mass is 35.5. The molecule has 3 aromatic carbocycles. The van der Waals surface area contributed by atoms with Crippen LogP contribution in [-0.2, 0) is 32.6 Å². The number of carbonyl (C=O) groups excluding carboxylic acids is 2. The molecular weight excluding hydrogens is 558 g/mol. The van der Waals surface area contributed by atoms with E-state index in [9.17, 15) is 18.0 Å². The monoisotopic (exact) mass is 595 g/mol. The van der Waals surface area contributed by atoms with E-state index in [0.717, 1.165) is 29.5 Å². The van der Waals surface area contributed by atoms with Crippen LogP contribution < -0.4 is 5.32 Å². The number of carbonyl (C=O) groups is 2. The highest BCUT2D eigenvalue weighted by Crippen LogP contribution is 2.26. The van der Waals surface area contributed by atoms with Crippen LogP contribution in [0.25, 0.3) is 0 Å². The molecule has 41 heavy (non-hydrogen) atoms. The van der Waals surface area contributed by atoms with E-state index in [1.165, 1.54) is 4.31 Å². The maximum absolute atomic E-state index is 13.9. The van der Waals surface area contributed by atoms with Crippen molar-refractivity contribution in [2.75, 3.05) is 19.6 Å². The fourth-order valence-electron chi connectivity index (χ4n) is 4.92. The number of halogens is 1. The minimum absolute atomic E-state index is 0.159. The lowest BCUT2D eigenvalue weighted by Gasteiger charge is -2.32. The molecule has 1 heterocycles. The predicted octanol–water partition coefficient (Wildman–Crippen LogP) is 5.60. The lowest BCUT2D eigenvalue weighted by atomic mass is 10.0. The summed E-state index contributed by atoms with van der Waals surface area (Å²) in [7, 11) is -3.50. The van der Waals surface area contributed by atoms with Crippen molar-refractivity contribution in [3.63, 3.8) is 0 Å². The second kappa shape index (κ2) is 14.1. The summed E-state index contributed by atoms with van der Waals surface area (Å²) in [5.41, 5.74) is 2.44. The van der Waals surface area contributed by atoms with E-state index in [-0.39, 0.29) is 35.6 Å². The van der Waals surface area contributed by atoms with Crippen LogP contribution in [0.2, 0.25) is 5.02 Å². The van der Waals surface area contributed by atoms with Gasteiger partial charge >= 0.3 is 0 Å². The minimum Gasteiger partial charge on any atom is -0.354 e. The molecule has 4 rings (SSSR count). The van der Waals surface area contributed by atoms with Crippen LogP contribution in [0.5, 0.6) is 0 Å². The third-order valence-electron chi connectivity index (χ3n) is 7.20. The summed E-state index contributed by atoms with van der Waals surface area (Å²) in [6.45, 7) is 5.88. The zero-order valence-electron chi connectivity index (χ0n) is 23.6. The van der Waals surface area contributed by atoms with Gasteiger partial charge in [-0.05, 0) is 66.1 Å². The van der Waals surface area contributed by atoms with Gasteiger partial charge in [-0.3, -0.25) is 9.59 Å². The summed E-state index contributed by atoms with van der Waals surface area (Å²) in [5, 5.41) is 3.61. The van der Waals surface area contributed by atoms with Gasteiger partial charge in [-0.2, -0.15) is 4.31 Å². The smallest absolute Gasteiger partial charge is 0.247 e. The van der Waals surface area contributed by atoms with E-state index in [1.807, 2.05) is 56.3 Å². The van der Waals surface area contributed by atoms with Crippen LogP contribution in [-0.4, -0.2) is 49.1 Å². The number of nitrogens with zero attached hydrogens (tertiary/aromatic N) is 2. The van der Waals surface area contributed by atoms with Crippen LogP contribution >= 0.6 is 11.6 Å². The standard InChI is InChI=1S/C32H38ClN3O4S/c1-24(2)22-34-32(38)31(27-8-4-3-5-9-27)36(23-26-10-15-28(33)16-11-26)30(37)19-14-25-12-17-29(18-13-25)41(39,40)35-20-6-7-21-35/h3-5,8-13,15-18,24,31H,6-7,14,19-23H2,1-2H3,(H,34,38)/t31-/m1/s1. The van der Waals surface area contributed by atoms with Crippen molar-refractivity contribution < 1.29 is 18.0 Å². The SMILES string of the molecule is CC(C)CNC(=O)[C@@H](c1ccccc1)N(Cc1ccc(Cl)cc1)C(=O)CCc1ccc(S(=O)(=O)N2CCCC2)cc1. The molecule has 1 aliphatic rings. The maximum Gasteiger partial charge on any atom is 0.247 e. The number of hydrogen-bond acceptors (Lipinski definition) is 4. The van der Waals surface area contributed by atoms with Crippen molar-refractivity contribution in [2.24, 2.45) is 5.92 Å². The summed E-state index contributed by atoms with van der Waals surface area (Å²) in [5.74, 6) is -0.154. The fraction of sp³-hybridized carbons (Fsp3) is 0.375. The average Bonchev–Trinajstić information content (AvgIpc) is 3.53. The Labute approximate surface area is 248 Å². The molecule has 0 saturated carbocycles. The normalized spacial score (nSPS) is 14.6. The lowest BCUT2D eigenvalue weighted by Crippen LogP contribution is -2.44. The number of nitrogens with one attached hydrogen (secondary N) is 1. The van der Waals surface area contributed by atoms with Gasteiger partial charge < -0.3 is 10.2 Å². The summed E-state index contributed by atoms with van der Waals surface area (Å²) >= 11 is 6.10. The van der Waals surface area contributed by atoms with E-state index in [1.54, 1.807) is 41.3 Å². The van der Waals surface area contributed by atoms with E-state index < -0.39 is 16.1 Å². The summed E-state index contributed by atoms with van der Waals surface area (Å²) in [6, 6.07) is 22.5. The highest BCUT2D eigenvalue weighted by Gasteiger charge is 2.31. The molecule has 1 atom stereocenters. The Hall–Kier alpha value is -3.20.